The molecule has 0 aliphatic carbocycles. The number of nitrogens with one attached hydrogen (secondary N) is 1. The number of hydrogen-bond donors (Lipinski definition) is 1. The summed E-state index contributed by atoms with van der Waals surface area (Å²) in [6.45, 7) is 4.93. The monoisotopic (exact) mass is 236 g/mol. The van der Waals surface area contributed by atoms with Gasteiger partial charge in [-0.1, -0.05) is 30.3 Å². The highest BCUT2D eigenvalue weighted by Gasteiger charge is 1.98. The summed E-state index contributed by atoms with van der Waals surface area (Å²) in [4.78, 5) is 2.35. The number of hydrogen-bond acceptors (Lipinski definition) is 3. The Labute approximate surface area is 105 Å². The molecule has 0 saturated heterocycles. The van der Waals surface area contributed by atoms with Gasteiger partial charge in [-0.05, 0) is 19.0 Å². The van der Waals surface area contributed by atoms with Crippen LogP contribution in [-0.2, 0) is 11.2 Å². The minimum Gasteiger partial charge on any atom is -0.383 e. The first kappa shape index (κ1) is 14.2. The van der Waals surface area contributed by atoms with E-state index in [0.717, 1.165) is 39.2 Å². The normalized spacial score (nSPS) is 11.0. The second kappa shape index (κ2) is 9.16. The molecule has 17 heavy (non-hydrogen) atoms. The zero-order valence-electron chi connectivity index (χ0n) is 11.0. The Morgan fingerprint density at radius 1 is 1.12 bits per heavy atom. The zero-order chi connectivity index (χ0) is 12.3. The van der Waals surface area contributed by atoms with Gasteiger partial charge in [0.1, 0.15) is 0 Å². The Balaban J connectivity index is 2.03. The van der Waals surface area contributed by atoms with Crippen molar-refractivity contribution in [1.82, 2.24) is 10.2 Å². The van der Waals surface area contributed by atoms with Crippen LogP contribution in [0.2, 0.25) is 0 Å². The number of methoxy groups -OCH3 is 1. The minimum absolute atomic E-state index is 0.785. The van der Waals surface area contributed by atoms with E-state index in [4.69, 9.17) is 4.74 Å². The van der Waals surface area contributed by atoms with Crippen molar-refractivity contribution in [2.75, 3.05) is 46.9 Å². The molecule has 1 aromatic rings. The molecule has 96 valence electrons. The molecule has 0 spiro atoms. The van der Waals surface area contributed by atoms with Gasteiger partial charge in [-0.3, -0.25) is 0 Å². The number of benzene rings is 1. The van der Waals surface area contributed by atoms with E-state index in [2.05, 4.69) is 47.6 Å². The number of ether oxygens (including phenoxy) is 1. The molecule has 0 aromatic heterocycles. The van der Waals surface area contributed by atoms with Gasteiger partial charge in [0.15, 0.2) is 0 Å². The van der Waals surface area contributed by atoms with Crippen LogP contribution < -0.4 is 5.32 Å². The van der Waals surface area contributed by atoms with E-state index in [1.807, 2.05) is 0 Å². The summed E-state index contributed by atoms with van der Waals surface area (Å²) in [7, 11) is 3.90. The lowest BCUT2D eigenvalue weighted by molar-refractivity contribution is 0.198. The van der Waals surface area contributed by atoms with Crippen molar-refractivity contribution in [3.63, 3.8) is 0 Å². The molecule has 0 heterocycles. The van der Waals surface area contributed by atoms with Crippen molar-refractivity contribution < 1.29 is 4.74 Å². The van der Waals surface area contributed by atoms with Crippen LogP contribution in [0.3, 0.4) is 0 Å². The molecule has 0 saturated carbocycles. The van der Waals surface area contributed by atoms with E-state index in [1.165, 1.54) is 5.56 Å². The number of likely N-dealkylation sites (N-methyl/N-ethyl adjacent to an activating group) is 1. The minimum atomic E-state index is 0.785. The number of nitrogens with zero attached hydrogens (tertiary/aromatic N) is 1. The fourth-order valence-corrected chi connectivity index (χ4v) is 1.65. The lowest BCUT2D eigenvalue weighted by Gasteiger charge is -2.16. The average Bonchev–Trinajstić information content (AvgIpc) is 2.37. The fraction of sp³-hybridized carbons (Fsp3) is 0.571. The third-order valence-corrected chi connectivity index (χ3v) is 2.78. The Hall–Kier alpha value is -0.900. The molecule has 0 unspecified atom stereocenters. The van der Waals surface area contributed by atoms with Crippen LogP contribution >= 0.6 is 0 Å². The van der Waals surface area contributed by atoms with E-state index in [-0.39, 0.29) is 0 Å². The predicted molar refractivity (Wildman–Crippen MR) is 72.4 cm³/mol. The molecule has 0 aliphatic heterocycles. The maximum Gasteiger partial charge on any atom is 0.0587 e. The molecule has 0 bridgehead atoms. The second-order valence-electron chi connectivity index (χ2n) is 4.28. The molecule has 0 atom stereocenters. The zero-order valence-corrected chi connectivity index (χ0v) is 11.0. The lowest BCUT2D eigenvalue weighted by Crippen LogP contribution is -2.32. The molecule has 1 aromatic carbocycles. The average molecular weight is 236 g/mol. The molecule has 0 amide bonds. The van der Waals surface area contributed by atoms with Gasteiger partial charge in [0.05, 0.1) is 6.61 Å². The molecular weight excluding hydrogens is 212 g/mol. The van der Waals surface area contributed by atoms with Crippen LogP contribution in [0.5, 0.6) is 0 Å². The molecule has 0 fully saturated rings. The molecule has 0 aliphatic rings. The first-order chi connectivity index (χ1) is 8.33. The van der Waals surface area contributed by atoms with Crippen LogP contribution in [0.25, 0.3) is 0 Å². The highest BCUT2D eigenvalue weighted by Crippen LogP contribution is 2.00. The Bertz CT molecular complexity index is 277. The van der Waals surface area contributed by atoms with E-state index < -0.39 is 0 Å². The first-order valence-electron chi connectivity index (χ1n) is 6.25. The van der Waals surface area contributed by atoms with Crippen LogP contribution in [0.1, 0.15) is 5.56 Å². The van der Waals surface area contributed by atoms with Crippen molar-refractivity contribution in [3.8, 4) is 0 Å². The largest absolute Gasteiger partial charge is 0.383 e. The third kappa shape index (κ3) is 7.10. The van der Waals surface area contributed by atoms with E-state index in [9.17, 15) is 0 Å². The van der Waals surface area contributed by atoms with Gasteiger partial charge in [0.2, 0.25) is 0 Å². The van der Waals surface area contributed by atoms with Crippen molar-refractivity contribution >= 4 is 0 Å². The van der Waals surface area contributed by atoms with Crippen molar-refractivity contribution in [2.45, 2.75) is 6.42 Å². The topological polar surface area (TPSA) is 24.5 Å². The summed E-state index contributed by atoms with van der Waals surface area (Å²) in [5, 5.41) is 3.35. The van der Waals surface area contributed by atoms with E-state index in [0.29, 0.717) is 0 Å². The Kier molecular flexibility index (Phi) is 7.63. The maximum atomic E-state index is 4.98. The van der Waals surface area contributed by atoms with Crippen LogP contribution in [0, 0.1) is 0 Å². The summed E-state index contributed by atoms with van der Waals surface area (Å²) in [6.07, 6.45) is 1.12. The van der Waals surface area contributed by atoms with E-state index >= 15 is 0 Å². The summed E-state index contributed by atoms with van der Waals surface area (Å²) in [6, 6.07) is 10.6. The quantitative estimate of drug-likeness (QED) is 0.656. The smallest absolute Gasteiger partial charge is 0.0587 e. The highest BCUT2D eigenvalue weighted by atomic mass is 16.5. The maximum absolute atomic E-state index is 4.98. The Morgan fingerprint density at radius 3 is 2.59 bits per heavy atom. The Morgan fingerprint density at radius 2 is 1.88 bits per heavy atom. The molecule has 1 rings (SSSR count). The van der Waals surface area contributed by atoms with Crippen LogP contribution in [0.4, 0.5) is 0 Å². The molecule has 3 nitrogen and oxygen atoms in total. The van der Waals surface area contributed by atoms with Gasteiger partial charge in [-0.25, -0.2) is 0 Å². The second-order valence-corrected chi connectivity index (χ2v) is 4.28. The first-order valence-corrected chi connectivity index (χ1v) is 6.25. The van der Waals surface area contributed by atoms with Crippen LogP contribution in [-0.4, -0.2) is 51.8 Å². The summed E-state index contributed by atoms with van der Waals surface area (Å²) in [5.41, 5.74) is 1.41. The molecular formula is C14H24N2O. The standard InChI is InChI=1S/C14H24N2O/c1-16(12-9-15-10-13-17-2)11-8-14-6-4-3-5-7-14/h3-7,15H,8-13H2,1-2H3. The van der Waals surface area contributed by atoms with Gasteiger partial charge >= 0.3 is 0 Å². The molecule has 3 heteroatoms. The third-order valence-electron chi connectivity index (χ3n) is 2.78. The van der Waals surface area contributed by atoms with Gasteiger partial charge < -0.3 is 15.0 Å². The summed E-state index contributed by atoms with van der Waals surface area (Å²) >= 11 is 0. The van der Waals surface area contributed by atoms with Crippen molar-refractivity contribution in [1.29, 1.82) is 0 Å². The SMILES string of the molecule is COCCNCCN(C)CCc1ccccc1. The molecule has 0 radical (unpaired) electrons. The number of rotatable bonds is 9. The van der Waals surface area contributed by atoms with Crippen molar-refractivity contribution in [3.05, 3.63) is 35.9 Å². The summed E-state index contributed by atoms with van der Waals surface area (Å²) < 4.78 is 4.98. The highest BCUT2D eigenvalue weighted by molar-refractivity contribution is 5.14. The van der Waals surface area contributed by atoms with Gasteiger partial charge in [-0.15, -0.1) is 0 Å². The fourth-order valence-electron chi connectivity index (χ4n) is 1.65. The van der Waals surface area contributed by atoms with Gasteiger partial charge in [0, 0.05) is 33.3 Å². The van der Waals surface area contributed by atoms with Gasteiger partial charge in [0.25, 0.3) is 0 Å². The molecule has 1 N–H and O–H groups in total. The summed E-state index contributed by atoms with van der Waals surface area (Å²) in [5.74, 6) is 0. The predicted octanol–water partition coefficient (Wildman–Crippen LogP) is 1.40. The van der Waals surface area contributed by atoms with Crippen LogP contribution in [0.15, 0.2) is 30.3 Å². The van der Waals surface area contributed by atoms with Gasteiger partial charge in [-0.2, -0.15) is 0 Å². The van der Waals surface area contributed by atoms with E-state index in [1.54, 1.807) is 7.11 Å². The van der Waals surface area contributed by atoms with Crippen molar-refractivity contribution in [2.24, 2.45) is 0 Å². The lowest BCUT2D eigenvalue weighted by atomic mass is 10.1.